The van der Waals surface area contributed by atoms with E-state index in [2.05, 4.69) is 19.9 Å². The van der Waals surface area contributed by atoms with Crippen LogP contribution >= 0.6 is 11.8 Å². The molecule has 3 aromatic rings. The molecule has 0 aliphatic carbocycles. The summed E-state index contributed by atoms with van der Waals surface area (Å²) >= 11 is 1.69. The van der Waals surface area contributed by atoms with Crippen LogP contribution in [0.3, 0.4) is 0 Å². The third-order valence-corrected chi connectivity index (χ3v) is 5.93. The Bertz CT molecular complexity index is 1050. The zero-order valence-electron chi connectivity index (χ0n) is 17.4. The van der Waals surface area contributed by atoms with E-state index in [4.69, 9.17) is 4.74 Å². The fourth-order valence-electron chi connectivity index (χ4n) is 3.65. The molecule has 2 aromatic heterocycles. The molecule has 31 heavy (non-hydrogen) atoms. The summed E-state index contributed by atoms with van der Waals surface area (Å²) in [5.41, 5.74) is 2.43. The molecule has 9 heteroatoms. The highest BCUT2D eigenvalue weighted by Crippen LogP contribution is 2.36. The highest BCUT2D eigenvalue weighted by atomic mass is 32.2. The van der Waals surface area contributed by atoms with Gasteiger partial charge >= 0.3 is 0 Å². The summed E-state index contributed by atoms with van der Waals surface area (Å²) in [5, 5.41) is 0. The number of aromatic nitrogens is 4. The van der Waals surface area contributed by atoms with Crippen LogP contribution in [0, 0.1) is 11.6 Å². The fraction of sp³-hybridized carbons (Fsp3) is 0.364. The average molecular weight is 444 g/mol. The van der Waals surface area contributed by atoms with Crippen LogP contribution in [0.15, 0.2) is 36.8 Å². The lowest BCUT2D eigenvalue weighted by Crippen LogP contribution is -2.35. The molecule has 1 atom stereocenters. The molecule has 0 radical (unpaired) electrons. The Balaban J connectivity index is 1.58. The summed E-state index contributed by atoms with van der Waals surface area (Å²) < 4.78 is 34.1. The molecular formula is C22H23F2N5OS. The number of fused-ring (bicyclic) bond motifs is 1. The van der Waals surface area contributed by atoms with Crippen LogP contribution in [0.2, 0.25) is 0 Å². The molecule has 162 valence electrons. The predicted molar refractivity (Wildman–Crippen MR) is 117 cm³/mol. The summed E-state index contributed by atoms with van der Waals surface area (Å²) in [6.07, 6.45) is 8.48. The minimum atomic E-state index is -0.950. The zero-order valence-corrected chi connectivity index (χ0v) is 18.2. The van der Waals surface area contributed by atoms with Gasteiger partial charge in [-0.3, -0.25) is 0 Å². The number of ether oxygens (including phenoxy) is 1. The molecule has 0 saturated carbocycles. The van der Waals surface area contributed by atoms with Crippen molar-refractivity contribution in [3.05, 3.63) is 59.7 Å². The summed E-state index contributed by atoms with van der Waals surface area (Å²) in [7, 11) is 0. The Morgan fingerprint density at radius 2 is 1.97 bits per heavy atom. The van der Waals surface area contributed by atoms with Gasteiger partial charge in [0, 0.05) is 54.9 Å². The first-order valence-electron chi connectivity index (χ1n) is 10.1. The molecule has 0 bridgehead atoms. The Labute approximate surface area is 184 Å². The van der Waals surface area contributed by atoms with Crippen molar-refractivity contribution in [2.24, 2.45) is 0 Å². The van der Waals surface area contributed by atoms with E-state index in [-0.39, 0.29) is 11.8 Å². The molecular weight excluding hydrogens is 420 g/mol. The second kappa shape index (κ2) is 9.55. The molecule has 3 heterocycles. The lowest BCUT2D eigenvalue weighted by molar-refractivity contribution is 0.296. The monoisotopic (exact) mass is 443 g/mol. The zero-order chi connectivity index (χ0) is 21.8. The van der Waals surface area contributed by atoms with Crippen molar-refractivity contribution in [2.75, 3.05) is 30.1 Å². The highest BCUT2D eigenvalue weighted by molar-refractivity contribution is 7.98. The van der Waals surface area contributed by atoms with Crippen molar-refractivity contribution < 1.29 is 13.5 Å². The normalized spacial score (nSPS) is 15.6. The van der Waals surface area contributed by atoms with Gasteiger partial charge in [0.15, 0.2) is 23.2 Å². The largest absolute Gasteiger partial charge is 0.490 e. The number of rotatable bonds is 7. The van der Waals surface area contributed by atoms with Crippen molar-refractivity contribution in [3.63, 3.8) is 0 Å². The van der Waals surface area contributed by atoms with Crippen LogP contribution in [0.25, 0.3) is 11.6 Å². The van der Waals surface area contributed by atoms with Crippen LogP contribution in [0.5, 0.6) is 5.75 Å². The molecule has 1 aromatic carbocycles. The van der Waals surface area contributed by atoms with E-state index < -0.39 is 11.6 Å². The van der Waals surface area contributed by atoms with E-state index in [1.54, 1.807) is 42.5 Å². The maximum Gasteiger partial charge on any atom is 0.200 e. The smallest absolute Gasteiger partial charge is 0.200 e. The van der Waals surface area contributed by atoms with Gasteiger partial charge < -0.3 is 9.64 Å². The first-order chi connectivity index (χ1) is 15.1. The van der Waals surface area contributed by atoms with Crippen molar-refractivity contribution in [2.45, 2.75) is 25.8 Å². The number of hydrogen-bond acceptors (Lipinski definition) is 7. The molecule has 1 unspecified atom stereocenters. The summed E-state index contributed by atoms with van der Waals surface area (Å²) in [6, 6.07) is 4.43. The Hall–Kier alpha value is -2.81. The minimum Gasteiger partial charge on any atom is -0.490 e. The highest BCUT2D eigenvalue weighted by Gasteiger charge is 2.28. The second-order valence-electron chi connectivity index (χ2n) is 7.22. The molecule has 0 amide bonds. The molecule has 0 saturated heterocycles. The number of hydrogen-bond donors (Lipinski definition) is 0. The first-order valence-corrected chi connectivity index (χ1v) is 11.5. The fourth-order valence-corrected chi connectivity index (χ4v) is 4.05. The topological polar surface area (TPSA) is 64.0 Å². The third kappa shape index (κ3) is 4.61. The average Bonchev–Trinajstić information content (AvgIpc) is 2.80. The molecule has 1 aliphatic rings. The van der Waals surface area contributed by atoms with Gasteiger partial charge in [-0.15, -0.1) is 0 Å². The van der Waals surface area contributed by atoms with Gasteiger partial charge in [-0.2, -0.15) is 16.2 Å². The van der Waals surface area contributed by atoms with E-state index in [0.717, 1.165) is 23.4 Å². The maximum absolute atomic E-state index is 14.3. The van der Waals surface area contributed by atoms with Crippen LogP contribution < -0.4 is 9.64 Å². The van der Waals surface area contributed by atoms with Gasteiger partial charge in [0.1, 0.15) is 0 Å². The van der Waals surface area contributed by atoms with Crippen LogP contribution in [-0.2, 0) is 6.42 Å². The van der Waals surface area contributed by atoms with Crippen LogP contribution in [0.1, 0.15) is 30.6 Å². The van der Waals surface area contributed by atoms with Gasteiger partial charge in [0.05, 0.1) is 18.3 Å². The lowest BCUT2D eigenvalue weighted by Gasteiger charge is -2.36. The van der Waals surface area contributed by atoms with Crippen LogP contribution in [-0.4, -0.2) is 45.1 Å². The van der Waals surface area contributed by atoms with Gasteiger partial charge in [-0.25, -0.2) is 24.3 Å². The van der Waals surface area contributed by atoms with Crippen LogP contribution in [0.4, 0.5) is 14.5 Å². The van der Waals surface area contributed by atoms with Gasteiger partial charge in [0.2, 0.25) is 5.82 Å². The van der Waals surface area contributed by atoms with E-state index in [1.165, 1.54) is 6.07 Å². The molecule has 0 N–H and O–H groups in total. The van der Waals surface area contributed by atoms with E-state index in [9.17, 15) is 8.78 Å². The van der Waals surface area contributed by atoms with Crippen molar-refractivity contribution in [1.29, 1.82) is 0 Å². The third-order valence-electron chi connectivity index (χ3n) is 5.23. The Kier molecular flexibility index (Phi) is 6.60. The quantitative estimate of drug-likeness (QED) is 0.499. The molecule has 0 spiro atoms. The maximum atomic E-state index is 14.3. The molecule has 4 rings (SSSR count). The molecule has 0 fully saturated rings. The number of halogens is 2. The Morgan fingerprint density at radius 3 is 2.74 bits per heavy atom. The van der Waals surface area contributed by atoms with E-state index in [0.29, 0.717) is 36.9 Å². The summed E-state index contributed by atoms with van der Waals surface area (Å²) in [4.78, 5) is 19.5. The van der Waals surface area contributed by atoms with Crippen molar-refractivity contribution in [3.8, 4) is 17.4 Å². The van der Waals surface area contributed by atoms with Crippen molar-refractivity contribution >= 4 is 17.4 Å². The lowest BCUT2D eigenvalue weighted by atomic mass is 9.98. The van der Waals surface area contributed by atoms with Gasteiger partial charge in [-0.1, -0.05) is 0 Å². The minimum absolute atomic E-state index is 0.0538. The van der Waals surface area contributed by atoms with E-state index >= 15 is 0 Å². The number of benzene rings is 1. The second-order valence-corrected chi connectivity index (χ2v) is 8.21. The SMILES string of the molecule is CSCCCOc1cc(N2CCc3nc(-c4ncccn4)ncc3C2C)cc(F)c1F. The Morgan fingerprint density at radius 1 is 1.16 bits per heavy atom. The molecule has 1 aliphatic heterocycles. The number of nitrogens with zero attached hydrogens (tertiary/aromatic N) is 5. The first kappa shape index (κ1) is 21.4. The van der Waals surface area contributed by atoms with Gasteiger partial charge in [0.25, 0.3) is 0 Å². The summed E-state index contributed by atoms with van der Waals surface area (Å²) in [5.74, 6) is -0.0587. The van der Waals surface area contributed by atoms with Gasteiger partial charge in [-0.05, 0) is 31.4 Å². The van der Waals surface area contributed by atoms with E-state index in [1.807, 2.05) is 18.1 Å². The standard InChI is InChI=1S/C22H23F2N5OS/c1-14-16-13-27-22(21-25-6-3-7-26-21)28-18(16)5-8-29(14)15-11-17(23)20(24)19(12-15)30-9-4-10-31-2/h3,6-7,11-14H,4-5,8-10H2,1-2H3. The number of anilines is 1. The molecule has 6 nitrogen and oxygen atoms in total. The predicted octanol–water partition coefficient (Wildman–Crippen LogP) is 4.47. The van der Waals surface area contributed by atoms with Crippen molar-refractivity contribution in [1.82, 2.24) is 19.9 Å². The number of thioether (sulfide) groups is 1. The summed E-state index contributed by atoms with van der Waals surface area (Å²) in [6.45, 7) is 2.95.